The van der Waals surface area contributed by atoms with E-state index < -0.39 is 60.4 Å². The third-order valence-electron chi connectivity index (χ3n) is 15.4. The molecule has 0 aliphatic rings. The molecule has 15 aromatic rings. The van der Waals surface area contributed by atoms with Crippen LogP contribution in [-0.2, 0) is 24.8 Å². The van der Waals surface area contributed by atoms with E-state index >= 15 is 0 Å². The molecule has 0 atom stereocenters. The Morgan fingerprint density at radius 3 is 1.67 bits per heavy atom. The van der Waals surface area contributed by atoms with Crippen molar-refractivity contribution in [2.24, 2.45) is 0 Å². The Balaban J connectivity index is 0.939. The molecule has 4 aromatic heterocycles. The number of fused-ring (bicyclic) bond motifs is 7. The first-order valence-electron chi connectivity index (χ1n) is 32.2. The third kappa shape index (κ3) is 8.68. The molecule has 0 spiro atoms. The molecule has 0 N–H and O–H groups in total. The van der Waals surface area contributed by atoms with Gasteiger partial charge in [-0.1, -0.05) is 81.4 Å². The van der Waals surface area contributed by atoms with E-state index in [1.807, 2.05) is 123 Å². The molecule has 15 rings (SSSR count). The molecule has 0 aliphatic carbocycles. The zero-order chi connectivity index (χ0) is 64.5. The molecule has 0 fully saturated rings. The van der Waals surface area contributed by atoms with Crippen molar-refractivity contribution in [3.63, 3.8) is 0 Å². The van der Waals surface area contributed by atoms with E-state index in [2.05, 4.69) is 142 Å². The van der Waals surface area contributed by atoms with Crippen LogP contribution in [0.3, 0.4) is 0 Å². The summed E-state index contributed by atoms with van der Waals surface area (Å²) in [6.45, 7) is 6.55. The van der Waals surface area contributed by atoms with Crippen molar-refractivity contribution >= 4 is 54.6 Å². The van der Waals surface area contributed by atoms with E-state index in [1.165, 1.54) is 0 Å². The molecular formula is C76H53N5OPt-2. The minimum absolute atomic E-state index is 0.136. The first-order valence-corrected chi connectivity index (χ1v) is 28.3. The number of hydrogen-bond acceptors (Lipinski definition) is 2. The summed E-state index contributed by atoms with van der Waals surface area (Å²) in [7, 11) is 0. The molecule has 0 saturated carbocycles. The molecule has 6 nitrogen and oxygen atoms in total. The predicted octanol–water partition coefficient (Wildman–Crippen LogP) is 19.4. The molecule has 0 radical (unpaired) electrons. The summed E-state index contributed by atoms with van der Waals surface area (Å²) in [6, 6.07) is 67.6. The summed E-state index contributed by atoms with van der Waals surface area (Å²) < 4.78 is 107. The van der Waals surface area contributed by atoms with Crippen molar-refractivity contribution in [3.05, 3.63) is 288 Å². The molecule has 0 unspecified atom stereocenters. The van der Waals surface area contributed by atoms with Crippen LogP contribution in [0.2, 0.25) is 0 Å². The van der Waals surface area contributed by atoms with E-state index in [-0.39, 0.29) is 33.4 Å². The zero-order valence-corrected chi connectivity index (χ0v) is 47.4. The van der Waals surface area contributed by atoms with Crippen molar-refractivity contribution < 1.29 is 37.8 Å². The predicted molar refractivity (Wildman–Crippen MR) is 337 cm³/mol. The van der Waals surface area contributed by atoms with Crippen molar-refractivity contribution in [1.29, 1.82) is 0 Å². The average Bonchev–Trinajstić information content (AvgIpc) is 1.70. The maximum absolute atomic E-state index is 9.62. The minimum atomic E-state index is -0.589. The Hall–Kier alpha value is -9.87. The molecule has 11 aromatic carbocycles. The van der Waals surface area contributed by atoms with E-state index in [0.29, 0.717) is 37.7 Å². The Kier molecular flexibility index (Phi) is 9.86. The number of pyridine rings is 1. The fourth-order valence-corrected chi connectivity index (χ4v) is 12.7. The summed E-state index contributed by atoms with van der Waals surface area (Å²) in [5.41, 5.74) is 11.0. The standard InChI is InChI=1S/C76H53N5O.Pt/c1-76(2,3)55-42-43-77-74(45-55)81-70-41-38-54(61-31-14-13-30-60(61)51-22-7-4-8-23-51)44-67(70)64-40-39-59(49-73(64)81)82-58-29-21-28-56(46-58)78-50-79(72-37-20-19-36-71(72)78)75-65(52-24-9-5-10-25-52)47-57(48-66(75)53-26-11-6-12-27-53)80-68-34-17-15-32-62(68)63-33-16-18-35-69(63)80;/h4-45,47-48H,1-3H3;/q-2;/i5D,6D,9D,10D,11D,12D,24D,25D,26D,27D;. The monoisotopic (exact) mass is 1260 g/mol. The van der Waals surface area contributed by atoms with Crippen molar-refractivity contribution in [2.75, 3.05) is 0 Å². The summed E-state index contributed by atoms with van der Waals surface area (Å²) in [5.74, 6) is 1.50. The van der Waals surface area contributed by atoms with E-state index in [0.717, 1.165) is 77.2 Å². The second kappa shape index (κ2) is 20.3. The van der Waals surface area contributed by atoms with Gasteiger partial charge in [0.05, 0.1) is 0 Å². The van der Waals surface area contributed by atoms with Gasteiger partial charge in [0.1, 0.15) is 0 Å². The zero-order valence-electron chi connectivity index (χ0n) is 55.1. The fraction of sp³-hybridized carbons (Fsp3) is 0.0526. The van der Waals surface area contributed by atoms with Crippen molar-refractivity contribution in [3.8, 4) is 78.9 Å². The second-order valence-corrected chi connectivity index (χ2v) is 22.4. The molecule has 0 amide bonds. The number of rotatable bonds is 10. The van der Waals surface area contributed by atoms with Gasteiger partial charge >= 0.3 is 382 Å². The van der Waals surface area contributed by atoms with Gasteiger partial charge < -0.3 is 0 Å². The number of aromatic nitrogens is 5. The van der Waals surface area contributed by atoms with Crippen LogP contribution in [0.1, 0.15) is 40.0 Å². The quantitative estimate of drug-likeness (QED) is 0.128. The number of imidazole rings is 1. The van der Waals surface area contributed by atoms with Gasteiger partial charge in [-0.15, -0.1) is 0 Å². The molecule has 83 heavy (non-hydrogen) atoms. The van der Waals surface area contributed by atoms with Crippen LogP contribution in [-0.4, -0.2) is 23.3 Å². The van der Waals surface area contributed by atoms with Gasteiger partial charge in [-0.3, -0.25) is 0 Å². The number of nitrogens with zero attached hydrogens (tertiary/aromatic N) is 5. The number of ether oxygens (including phenoxy) is 1. The summed E-state index contributed by atoms with van der Waals surface area (Å²) >= 11 is 2.19. The Labute approximate surface area is 506 Å². The topological polar surface area (TPSA) is 41.8 Å². The van der Waals surface area contributed by atoms with E-state index in [1.54, 1.807) is 12.1 Å². The Bertz CT molecular complexity index is 5510. The van der Waals surface area contributed by atoms with Crippen LogP contribution in [0, 0.1) is 15.9 Å². The van der Waals surface area contributed by atoms with Crippen LogP contribution >= 0.6 is 0 Å². The van der Waals surface area contributed by atoms with Crippen LogP contribution in [0.15, 0.2) is 267 Å². The van der Waals surface area contributed by atoms with Crippen molar-refractivity contribution in [1.82, 2.24) is 23.3 Å². The van der Waals surface area contributed by atoms with Gasteiger partial charge in [-0.05, 0) is 39.3 Å². The molecule has 7 heteroatoms. The molecule has 4 heterocycles. The second-order valence-electron chi connectivity index (χ2n) is 21.4. The first-order chi connectivity index (χ1) is 44.9. The average molecular weight is 1260 g/mol. The van der Waals surface area contributed by atoms with E-state index in [9.17, 15) is 5.48 Å². The molecular weight excluding hydrogens is 1190 g/mol. The first kappa shape index (κ1) is 40.3. The summed E-state index contributed by atoms with van der Waals surface area (Å²) in [5, 5.41) is 3.79. The van der Waals surface area contributed by atoms with Crippen LogP contribution in [0.4, 0.5) is 0 Å². The Morgan fingerprint density at radius 1 is 0.434 bits per heavy atom. The van der Waals surface area contributed by atoms with Crippen molar-refractivity contribution in [2.45, 2.75) is 26.2 Å². The Morgan fingerprint density at radius 2 is 1.01 bits per heavy atom. The SMILES string of the molecule is [2H]c1c([2H])c([2H])c(-c2cc(-n3c4ccccc4c4ccccc43)cc(-c3c([2H])c([2H])c([2H])c([2H])c3[2H])c2-n2[c](=[Pt])n(-c3[c-]c(Oc4[c-]c5c(cc4)c4cc(-c6ccccc6-c6ccccc6)ccc4n5-c4cc(C(C)(C)C)ccn4)ccc3)c3ccccc32)c([2H])c1[2H]. The van der Waals surface area contributed by atoms with Crippen LogP contribution in [0.25, 0.3) is 122 Å². The van der Waals surface area contributed by atoms with Gasteiger partial charge in [0.15, 0.2) is 0 Å². The van der Waals surface area contributed by atoms with Gasteiger partial charge in [0.2, 0.25) is 0 Å². The third-order valence-corrected chi connectivity index (χ3v) is 16.4. The van der Waals surface area contributed by atoms with Crippen LogP contribution in [0.5, 0.6) is 11.5 Å². The summed E-state index contributed by atoms with van der Waals surface area (Å²) in [6.07, 6.45) is 1.85. The molecule has 0 bridgehead atoms. The van der Waals surface area contributed by atoms with Gasteiger partial charge in [-0.2, -0.15) is 0 Å². The molecule has 0 aliphatic heterocycles. The molecule has 400 valence electrons. The number of hydrogen-bond donors (Lipinski definition) is 0. The van der Waals surface area contributed by atoms with Crippen LogP contribution < -0.4 is 4.74 Å². The normalized spacial score (nSPS) is 13.6. The van der Waals surface area contributed by atoms with Gasteiger partial charge in [0, 0.05) is 6.20 Å². The fourth-order valence-electron chi connectivity index (χ4n) is 11.6. The van der Waals surface area contributed by atoms with Gasteiger partial charge in [0.25, 0.3) is 0 Å². The maximum atomic E-state index is 9.62. The number of para-hydroxylation sites is 4. The van der Waals surface area contributed by atoms with Gasteiger partial charge in [-0.25, -0.2) is 0 Å². The van der Waals surface area contributed by atoms with E-state index in [4.69, 9.17) is 17.9 Å². The molecule has 0 saturated heterocycles. The number of benzene rings is 11. The summed E-state index contributed by atoms with van der Waals surface area (Å²) in [4.78, 5) is 4.97.